The van der Waals surface area contributed by atoms with E-state index in [1.165, 1.54) is 28.2 Å². The fourth-order valence-electron chi connectivity index (χ4n) is 5.89. The summed E-state index contributed by atoms with van der Waals surface area (Å²) in [6.45, 7) is 18.1. The van der Waals surface area contributed by atoms with E-state index in [2.05, 4.69) is 11.9 Å². The van der Waals surface area contributed by atoms with Gasteiger partial charge in [-0.2, -0.15) is 4.98 Å². The monoisotopic (exact) mass is 722 g/mol. The normalized spacial score (nSPS) is 21.6. The van der Waals surface area contributed by atoms with Crippen molar-refractivity contribution in [2.45, 2.75) is 103 Å². The number of hydrogen-bond donors (Lipinski definition) is 1. The number of methoxy groups -OCH3 is 1. The van der Waals surface area contributed by atoms with Crippen molar-refractivity contribution in [2.75, 3.05) is 18.6 Å². The molecule has 1 aliphatic carbocycles. The predicted octanol–water partition coefficient (Wildman–Crippen LogP) is 5.89. The zero-order valence-corrected chi connectivity index (χ0v) is 31.3. The largest absolute Gasteiger partial charge is 0.471 e. The Kier molecular flexibility index (Phi) is 10.3. The van der Waals surface area contributed by atoms with Crippen LogP contribution < -0.4 is 15.0 Å². The van der Waals surface area contributed by atoms with Gasteiger partial charge < -0.3 is 24.3 Å². The molecule has 1 saturated heterocycles. The number of thiophene rings is 1. The van der Waals surface area contributed by atoms with Crippen molar-refractivity contribution >= 4 is 51.4 Å². The highest BCUT2D eigenvalue weighted by molar-refractivity contribution is 7.17. The van der Waals surface area contributed by atoms with Crippen LogP contribution in [0.15, 0.2) is 42.3 Å². The van der Waals surface area contributed by atoms with E-state index in [4.69, 9.17) is 33.9 Å². The quantitative estimate of drug-likeness (QED) is 0.159. The van der Waals surface area contributed by atoms with Gasteiger partial charge in [-0.1, -0.05) is 12.1 Å². The van der Waals surface area contributed by atoms with Gasteiger partial charge in [-0.3, -0.25) is 14.6 Å². The summed E-state index contributed by atoms with van der Waals surface area (Å²) in [6, 6.07) is 5.78. The van der Waals surface area contributed by atoms with E-state index < -0.39 is 52.9 Å². The minimum Gasteiger partial charge on any atom is -0.471 e. The lowest BCUT2D eigenvalue weighted by Gasteiger charge is -2.29. The lowest BCUT2D eigenvalue weighted by molar-refractivity contribution is -0.147. The van der Waals surface area contributed by atoms with Gasteiger partial charge in [-0.05, 0) is 85.4 Å². The third kappa shape index (κ3) is 8.24. The third-order valence-electron chi connectivity index (χ3n) is 8.26. The summed E-state index contributed by atoms with van der Waals surface area (Å²) in [6.07, 6.45) is 0.144. The van der Waals surface area contributed by atoms with Crippen LogP contribution in [-0.2, 0) is 23.8 Å². The Morgan fingerprint density at radius 3 is 2.37 bits per heavy atom. The highest BCUT2D eigenvalue weighted by Crippen LogP contribution is 2.45. The number of anilines is 1. The molecule has 274 valence electrons. The van der Waals surface area contributed by atoms with Crippen molar-refractivity contribution in [1.29, 1.82) is 0 Å². The number of nitrogens with one attached hydrogen (secondary N) is 1. The van der Waals surface area contributed by atoms with Gasteiger partial charge in [0.1, 0.15) is 45.1 Å². The molecule has 0 radical (unpaired) electrons. The van der Waals surface area contributed by atoms with Crippen molar-refractivity contribution in [3.63, 3.8) is 0 Å². The van der Waals surface area contributed by atoms with Crippen LogP contribution in [-0.4, -0.2) is 92.5 Å². The summed E-state index contributed by atoms with van der Waals surface area (Å²) >= 11 is 1.38. The van der Waals surface area contributed by atoms with Crippen molar-refractivity contribution in [2.24, 2.45) is 5.92 Å². The zero-order chi connectivity index (χ0) is 37.5. The van der Waals surface area contributed by atoms with Crippen LogP contribution in [0, 0.1) is 5.92 Å². The van der Waals surface area contributed by atoms with Gasteiger partial charge in [0.15, 0.2) is 5.82 Å². The Morgan fingerprint density at radius 1 is 1.06 bits per heavy atom. The third-order valence-corrected chi connectivity index (χ3v) is 9.15. The highest BCUT2D eigenvalue weighted by atomic mass is 32.1. The first-order valence-corrected chi connectivity index (χ1v) is 17.7. The Bertz CT molecular complexity index is 1830. The van der Waals surface area contributed by atoms with E-state index in [1.54, 1.807) is 65.8 Å². The standard InChI is InChI=1S/C36H46N6O8S/c1-11-21-18-36(21,31(44)47-10)40-29(43)25-17-22(19-41(25)32(45)49-34(4,5)6)48-30-27-23(15-16-51-27)38-28(39-30)24-13-12-14-26(37-24)42(20(2)3)33(46)50-35(7,8)9/h11-16,20-22,25H,1,17-19H2,2-10H3,(H,40,43)/t21-,22-,25+,36-/m1/s1. The molecule has 2 fully saturated rings. The molecule has 0 unspecified atom stereocenters. The fourth-order valence-corrected chi connectivity index (χ4v) is 6.65. The zero-order valence-electron chi connectivity index (χ0n) is 30.5. The minimum atomic E-state index is -1.24. The summed E-state index contributed by atoms with van der Waals surface area (Å²) < 4.78 is 23.4. The van der Waals surface area contributed by atoms with E-state index in [1.807, 2.05) is 25.3 Å². The van der Waals surface area contributed by atoms with E-state index >= 15 is 0 Å². The molecule has 0 aromatic carbocycles. The van der Waals surface area contributed by atoms with Crippen molar-refractivity contribution < 1.29 is 38.1 Å². The number of carbonyl (C=O) groups excluding carboxylic acids is 4. The number of nitrogens with zero attached hydrogens (tertiary/aromatic N) is 5. The number of rotatable bonds is 9. The molecular weight excluding hydrogens is 676 g/mol. The van der Waals surface area contributed by atoms with Gasteiger partial charge in [-0.15, -0.1) is 17.9 Å². The molecule has 3 aromatic rings. The van der Waals surface area contributed by atoms with Crippen LogP contribution in [0.25, 0.3) is 21.7 Å². The van der Waals surface area contributed by atoms with Gasteiger partial charge in [-0.25, -0.2) is 24.4 Å². The molecule has 3 aromatic heterocycles. The Labute approximate surface area is 301 Å². The molecule has 4 atom stereocenters. The lowest BCUT2D eigenvalue weighted by atomic mass is 10.1. The Balaban J connectivity index is 1.44. The first-order valence-electron chi connectivity index (χ1n) is 16.8. The summed E-state index contributed by atoms with van der Waals surface area (Å²) in [7, 11) is 1.26. The van der Waals surface area contributed by atoms with Crippen molar-refractivity contribution in [3.8, 4) is 17.4 Å². The SMILES string of the molecule is C=C[C@@H]1C[C@]1(NC(=O)[C@@H]1C[C@@H](Oc2nc(-c3cccc(N(C(=O)OC(C)(C)C)C(C)C)n3)nc3ccsc23)CN1C(=O)OC(C)(C)C)C(=O)OC. The van der Waals surface area contributed by atoms with Gasteiger partial charge in [0.25, 0.3) is 0 Å². The van der Waals surface area contributed by atoms with Crippen LogP contribution in [0.2, 0.25) is 0 Å². The maximum atomic E-state index is 13.8. The summed E-state index contributed by atoms with van der Waals surface area (Å²) in [4.78, 5) is 70.1. The lowest BCUT2D eigenvalue weighted by Crippen LogP contribution is -2.53. The van der Waals surface area contributed by atoms with Crippen molar-refractivity contribution in [3.05, 3.63) is 42.3 Å². The molecule has 14 nitrogen and oxygen atoms in total. The summed E-state index contributed by atoms with van der Waals surface area (Å²) in [5.41, 5.74) is -1.76. The van der Waals surface area contributed by atoms with E-state index in [9.17, 15) is 19.2 Å². The summed E-state index contributed by atoms with van der Waals surface area (Å²) in [5, 5.41) is 4.69. The molecule has 3 amide bonds. The Hall–Kier alpha value is -4.79. The molecule has 2 aliphatic rings. The molecule has 15 heteroatoms. The molecule has 1 N–H and O–H groups in total. The predicted molar refractivity (Wildman–Crippen MR) is 191 cm³/mol. The molecule has 1 saturated carbocycles. The average Bonchev–Trinajstić information content (AvgIpc) is 3.32. The number of carbonyl (C=O) groups is 4. The second-order valence-electron chi connectivity index (χ2n) is 14.9. The van der Waals surface area contributed by atoms with E-state index in [0.29, 0.717) is 28.1 Å². The number of aromatic nitrogens is 3. The number of hydrogen-bond acceptors (Lipinski definition) is 12. The van der Waals surface area contributed by atoms with Crippen LogP contribution in [0.1, 0.15) is 68.2 Å². The van der Waals surface area contributed by atoms with E-state index in [-0.39, 0.29) is 36.6 Å². The van der Waals surface area contributed by atoms with Gasteiger partial charge in [0.2, 0.25) is 11.8 Å². The topological polar surface area (TPSA) is 162 Å². The minimum absolute atomic E-state index is 0.0162. The Morgan fingerprint density at radius 2 is 1.76 bits per heavy atom. The van der Waals surface area contributed by atoms with Gasteiger partial charge >= 0.3 is 18.2 Å². The van der Waals surface area contributed by atoms with Gasteiger partial charge in [0, 0.05) is 18.4 Å². The van der Waals surface area contributed by atoms with Crippen LogP contribution in [0.3, 0.4) is 0 Å². The van der Waals surface area contributed by atoms with Crippen molar-refractivity contribution in [1.82, 2.24) is 25.2 Å². The first-order chi connectivity index (χ1) is 23.9. The fraction of sp³-hybridized carbons (Fsp3) is 0.528. The molecule has 4 heterocycles. The highest BCUT2D eigenvalue weighted by Gasteiger charge is 2.62. The van der Waals surface area contributed by atoms with Crippen LogP contribution in [0.4, 0.5) is 15.4 Å². The molecule has 0 spiro atoms. The maximum Gasteiger partial charge on any atom is 0.416 e. The number of likely N-dealkylation sites (tertiary alicyclic amines) is 1. The second kappa shape index (κ2) is 14.1. The number of ether oxygens (including phenoxy) is 4. The second-order valence-corrected chi connectivity index (χ2v) is 15.9. The van der Waals surface area contributed by atoms with Gasteiger partial charge in [0.05, 0.1) is 19.2 Å². The molecule has 1 aliphatic heterocycles. The molecule has 5 rings (SSSR count). The first kappa shape index (κ1) is 37.5. The van der Waals surface area contributed by atoms with Crippen LogP contribution in [0.5, 0.6) is 5.88 Å². The number of pyridine rings is 1. The van der Waals surface area contributed by atoms with Crippen LogP contribution >= 0.6 is 11.3 Å². The molecule has 0 bridgehead atoms. The number of amides is 3. The number of fused-ring (bicyclic) bond motifs is 1. The summed E-state index contributed by atoms with van der Waals surface area (Å²) in [5.74, 6) is -0.541. The maximum absolute atomic E-state index is 13.8. The number of esters is 1. The van der Waals surface area contributed by atoms with E-state index in [0.717, 1.165) is 0 Å². The average molecular weight is 723 g/mol. The smallest absolute Gasteiger partial charge is 0.416 e. The molecular formula is C36H46N6O8S. The molecule has 51 heavy (non-hydrogen) atoms.